The average molecular weight is 343 g/mol. The maximum absolute atomic E-state index is 12.6. The monoisotopic (exact) mass is 343 g/mol. The lowest BCUT2D eigenvalue weighted by molar-refractivity contribution is -0.116. The highest BCUT2D eigenvalue weighted by Crippen LogP contribution is 2.37. The van der Waals surface area contributed by atoms with Gasteiger partial charge in [-0.2, -0.15) is 0 Å². The smallest absolute Gasteiger partial charge is 0.257 e. The molecule has 4 N–H and O–H groups in total. The molecule has 126 valence electrons. The molecule has 0 saturated heterocycles. The second kappa shape index (κ2) is 5.10. The molecule has 6 heteroatoms. The third-order valence-electron chi connectivity index (χ3n) is 4.68. The number of carbonyl (C=O) groups excluding carboxylic acids is 2. The Kier molecular flexibility index (Phi) is 2.85. The number of rotatable bonds is 1. The summed E-state index contributed by atoms with van der Waals surface area (Å²) in [5.41, 5.74) is 4.31. The molecule has 2 aliphatic heterocycles. The standard InChI is InChI=1S/C20H13N3O3/c24-10-5-6-15-12(7-10)14(9-21-15)17-8-13(19(25)23-17)18-11-3-1-2-4-16(11)22-20(18)26/h1-9,21,24H,(H,22,26)(H,23,25). The van der Waals surface area contributed by atoms with Crippen molar-refractivity contribution in [2.75, 3.05) is 5.32 Å². The number of phenols is 1. The molecule has 0 unspecified atom stereocenters. The Balaban J connectivity index is 1.69. The molecule has 1 aromatic heterocycles. The van der Waals surface area contributed by atoms with Gasteiger partial charge in [0, 0.05) is 33.9 Å². The first-order chi connectivity index (χ1) is 12.6. The number of fused-ring (bicyclic) bond motifs is 2. The van der Waals surface area contributed by atoms with E-state index in [0.717, 1.165) is 22.0 Å². The summed E-state index contributed by atoms with van der Waals surface area (Å²) in [5, 5.41) is 16.2. The Morgan fingerprint density at radius 2 is 1.73 bits per heavy atom. The number of carbonyl (C=O) groups is 2. The lowest BCUT2D eigenvalue weighted by atomic mass is 10.0. The number of anilines is 1. The molecular weight excluding hydrogens is 330 g/mol. The van der Waals surface area contributed by atoms with E-state index in [2.05, 4.69) is 15.6 Å². The molecule has 0 saturated carbocycles. The molecule has 0 aliphatic carbocycles. The van der Waals surface area contributed by atoms with Crippen LogP contribution < -0.4 is 10.6 Å². The SMILES string of the molecule is O=C1NC(c2c[nH]c3ccc(O)cc23)=CC1=C1C(=O)Nc2ccccc21. The van der Waals surface area contributed by atoms with Gasteiger partial charge < -0.3 is 20.7 Å². The van der Waals surface area contributed by atoms with Crippen molar-refractivity contribution in [1.29, 1.82) is 0 Å². The number of nitrogens with one attached hydrogen (secondary N) is 3. The van der Waals surface area contributed by atoms with E-state index in [1.54, 1.807) is 36.5 Å². The molecule has 5 rings (SSSR count). The van der Waals surface area contributed by atoms with Gasteiger partial charge in [-0.15, -0.1) is 0 Å². The topological polar surface area (TPSA) is 94.2 Å². The van der Waals surface area contributed by atoms with Crippen molar-refractivity contribution in [3.05, 3.63) is 71.4 Å². The predicted octanol–water partition coefficient (Wildman–Crippen LogP) is 2.75. The maximum atomic E-state index is 12.6. The van der Waals surface area contributed by atoms with Gasteiger partial charge in [0.25, 0.3) is 11.8 Å². The minimum absolute atomic E-state index is 0.144. The third-order valence-corrected chi connectivity index (χ3v) is 4.68. The van der Waals surface area contributed by atoms with Crippen LogP contribution in [-0.4, -0.2) is 21.9 Å². The second-order valence-corrected chi connectivity index (χ2v) is 6.23. The summed E-state index contributed by atoms with van der Waals surface area (Å²) < 4.78 is 0. The summed E-state index contributed by atoms with van der Waals surface area (Å²) in [4.78, 5) is 28.1. The van der Waals surface area contributed by atoms with Crippen LogP contribution in [-0.2, 0) is 9.59 Å². The maximum Gasteiger partial charge on any atom is 0.257 e. The molecule has 6 nitrogen and oxygen atoms in total. The minimum atomic E-state index is -0.323. The lowest BCUT2D eigenvalue weighted by Crippen LogP contribution is -2.18. The molecule has 0 radical (unpaired) electrons. The highest BCUT2D eigenvalue weighted by molar-refractivity contribution is 6.37. The number of aromatic nitrogens is 1. The van der Waals surface area contributed by atoms with Gasteiger partial charge >= 0.3 is 0 Å². The number of H-pyrrole nitrogens is 1. The number of aromatic amines is 1. The van der Waals surface area contributed by atoms with E-state index in [1.807, 2.05) is 18.2 Å². The quantitative estimate of drug-likeness (QED) is 0.512. The van der Waals surface area contributed by atoms with Crippen LogP contribution in [0.3, 0.4) is 0 Å². The first kappa shape index (κ1) is 14.5. The summed E-state index contributed by atoms with van der Waals surface area (Å²) in [6.45, 7) is 0. The van der Waals surface area contributed by atoms with Gasteiger partial charge in [-0.1, -0.05) is 18.2 Å². The third kappa shape index (κ3) is 1.99. The molecule has 26 heavy (non-hydrogen) atoms. The number of amides is 2. The van der Waals surface area contributed by atoms with Crippen LogP contribution in [0.1, 0.15) is 11.1 Å². The van der Waals surface area contributed by atoms with Crippen LogP contribution in [0, 0.1) is 0 Å². The Bertz CT molecular complexity index is 1180. The number of benzene rings is 2. The molecular formula is C20H13N3O3. The molecule has 3 aromatic rings. The highest BCUT2D eigenvalue weighted by atomic mass is 16.3. The number of phenolic OH excluding ortho intramolecular Hbond substituents is 1. The van der Waals surface area contributed by atoms with Gasteiger partial charge in [0.1, 0.15) is 5.75 Å². The van der Waals surface area contributed by atoms with Gasteiger partial charge in [-0.05, 0) is 30.3 Å². The summed E-state index contributed by atoms with van der Waals surface area (Å²) in [6, 6.07) is 12.3. The zero-order chi connectivity index (χ0) is 17.8. The molecule has 2 aliphatic rings. The summed E-state index contributed by atoms with van der Waals surface area (Å²) in [6.07, 6.45) is 3.46. The fraction of sp³-hybridized carbons (Fsp3) is 0. The van der Waals surface area contributed by atoms with E-state index in [4.69, 9.17) is 0 Å². The highest BCUT2D eigenvalue weighted by Gasteiger charge is 2.32. The van der Waals surface area contributed by atoms with Crippen LogP contribution in [0.4, 0.5) is 5.69 Å². The molecule has 2 aromatic carbocycles. The molecule has 0 atom stereocenters. The Labute approximate surface area is 147 Å². The molecule has 0 spiro atoms. The fourth-order valence-electron chi connectivity index (χ4n) is 3.48. The molecule has 2 amide bonds. The van der Waals surface area contributed by atoms with Crippen LogP contribution in [0.15, 0.2) is 60.3 Å². The zero-order valence-electron chi connectivity index (χ0n) is 13.5. The van der Waals surface area contributed by atoms with Crippen molar-refractivity contribution in [2.24, 2.45) is 0 Å². The van der Waals surface area contributed by atoms with Gasteiger partial charge in [-0.3, -0.25) is 9.59 Å². The number of hydrogen-bond acceptors (Lipinski definition) is 3. The summed E-state index contributed by atoms with van der Waals surface area (Å²) >= 11 is 0. The summed E-state index contributed by atoms with van der Waals surface area (Å²) in [5.74, 6) is -0.465. The fourth-order valence-corrected chi connectivity index (χ4v) is 3.48. The van der Waals surface area contributed by atoms with Gasteiger partial charge in [0.2, 0.25) is 0 Å². The van der Waals surface area contributed by atoms with Gasteiger partial charge in [0.05, 0.1) is 16.8 Å². The van der Waals surface area contributed by atoms with E-state index < -0.39 is 0 Å². The second-order valence-electron chi connectivity index (χ2n) is 6.23. The van der Waals surface area contributed by atoms with E-state index in [9.17, 15) is 14.7 Å². The number of aromatic hydroxyl groups is 1. The Morgan fingerprint density at radius 1 is 0.885 bits per heavy atom. The van der Waals surface area contributed by atoms with E-state index >= 15 is 0 Å². The van der Waals surface area contributed by atoms with Crippen LogP contribution in [0.2, 0.25) is 0 Å². The Morgan fingerprint density at radius 3 is 2.62 bits per heavy atom. The number of hydrogen-bond donors (Lipinski definition) is 4. The Hall–Kier alpha value is -3.80. The van der Waals surface area contributed by atoms with Crippen molar-refractivity contribution in [1.82, 2.24) is 10.3 Å². The molecule has 3 heterocycles. The van der Waals surface area contributed by atoms with Crippen LogP contribution >= 0.6 is 0 Å². The predicted molar refractivity (Wildman–Crippen MR) is 98.1 cm³/mol. The van der Waals surface area contributed by atoms with Crippen molar-refractivity contribution >= 4 is 39.7 Å². The first-order valence-corrected chi connectivity index (χ1v) is 8.10. The van der Waals surface area contributed by atoms with Gasteiger partial charge in [0.15, 0.2) is 0 Å². The normalized spacial score (nSPS) is 18.7. The summed E-state index contributed by atoms with van der Waals surface area (Å²) in [7, 11) is 0. The van der Waals surface area contributed by atoms with Gasteiger partial charge in [-0.25, -0.2) is 0 Å². The van der Waals surface area contributed by atoms with Crippen molar-refractivity contribution < 1.29 is 14.7 Å². The van der Waals surface area contributed by atoms with E-state index in [-0.39, 0.29) is 17.6 Å². The van der Waals surface area contributed by atoms with Crippen molar-refractivity contribution in [2.45, 2.75) is 0 Å². The lowest BCUT2D eigenvalue weighted by Gasteiger charge is -2.01. The average Bonchev–Trinajstić information content (AvgIpc) is 3.28. The zero-order valence-corrected chi connectivity index (χ0v) is 13.5. The van der Waals surface area contributed by atoms with Crippen LogP contribution in [0.5, 0.6) is 5.75 Å². The van der Waals surface area contributed by atoms with Crippen LogP contribution in [0.25, 0.3) is 22.2 Å². The molecule has 0 fully saturated rings. The first-order valence-electron chi connectivity index (χ1n) is 8.10. The van der Waals surface area contributed by atoms with Crippen molar-refractivity contribution in [3.63, 3.8) is 0 Å². The molecule has 0 bridgehead atoms. The van der Waals surface area contributed by atoms with Crippen molar-refractivity contribution in [3.8, 4) is 5.75 Å². The number of para-hydroxylation sites is 1. The largest absolute Gasteiger partial charge is 0.508 e. The minimum Gasteiger partial charge on any atom is -0.508 e. The van der Waals surface area contributed by atoms with E-state index in [0.29, 0.717) is 22.5 Å². The van der Waals surface area contributed by atoms with E-state index in [1.165, 1.54) is 0 Å².